The quantitative estimate of drug-likeness (QED) is 0.422. The van der Waals surface area contributed by atoms with Crippen LogP contribution in [0.25, 0.3) is 10.9 Å². The predicted molar refractivity (Wildman–Crippen MR) is 117 cm³/mol. The zero-order valence-corrected chi connectivity index (χ0v) is 18.1. The Bertz CT molecular complexity index is 1130. The molecule has 0 fully saturated rings. The maximum Gasteiger partial charge on any atom is 0.174 e. The third-order valence-corrected chi connectivity index (χ3v) is 4.96. The van der Waals surface area contributed by atoms with Crippen LogP contribution in [-0.2, 0) is 13.1 Å². The third kappa shape index (κ3) is 5.05. The molecule has 3 aromatic heterocycles. The van der Waals surface area contributed by atoms with Gasteiger partial charge in [0.2, 0.25) is 0 Å². The Balaban J connectivity index is 1.63. The second kappa shape index (κ2) is 8.81. The second-order valence-corrected chi connectivity index (χ2v) is 8.88. The minimum atomic E-state index is -0.302. The average molecular weight is 421 g/mol. The molecule has 0 aliphatic heterocycles. The molecule has 0 radical (unpaired) electrons. The Morgan fingerprint density at radius 2 is 2.03 bits per heavy atom. The Kier molecular flexibility index (Phi) is 5.94. The van der Waals surface area contributed by atoms with Gasteiger partial charge >= 0.3 is 0 Å². The summed E-state index contributed by atoms with van der Waals surface area (Å²) < 4.78 is 3.89. The summed E-state index contributed by atoms with van der Waals surface area (Å²) in [5.41, 5.74) is 1.35. The number of para-hydroxylation sites is 1. The molecule has 9 heteroatoms. The van der Waals surface area contributed by atoms with Gasteiger partial charge in [0, 0.05) is 30.9 Å². The lowest BCUT2D eigenvalue weighted by Crippen LogP contribution is -2.30. The lowest BCUT2D eigenvalue weighted by atomic mass is 9.97. The number of imidazole rings is 1. The van der Waals surface area contributed by atoms with Crippen molar-refractivity contribution in [2.24, 2.45) is 5.41 Å². The van der Waals surface area contributed by atoms with Gasteiger partial charge < -0.3 is 15.0 Å². The molecule has 1 unspecified atom stereocenters. The third-order valence-electron chi connectivity index (χ3n) is 4.96. The molecule has 0 aliphatic carbocycles. The Morgan fingerprint density at radius 1 is 1.16 bits per heavy atom. The van der Waals surface area contributed by atoms with Crippen molar-refractivity contribution in [1.82, 2.24) is 40.1 Å². The number of rotatable bonds is 8. The first-order valence-electron chi connectivity index (χ1n) is 10.4. The lowest BCUT2D eigenvalue weighted by Gasteiger charge is -2.22. The number of phenolic OH excluding ortho intramolecular Hbond substituents is 1. The number of nitrogens with one attached hydrogen (secondary N) is 1. The van der Waals surface area contributed by atoms with Crippen LogP contribution >= 0.6 is 0 Å². The van der Waals surface area contributed by atoms with Crippen LogP contribution in [0.1, 0.15) is 44.8 Å². The van der Waals surface area contributed by atoms with E-state index < -0.39 is 0 Å². The van der Waals surface area contributed by atoms with Gasteiger partial charge in [-0.05, 0) is 40.9 Å². The topological polar surface area (TPSA) is 107 Å². The summed E-state index contributed by atoms with van der Waals surface area (Å²) in [6.45, 7) is 8.74. The number of hydrogen-bond donors (Lipinski definition) is 2. The van der Waals surface area contributed by atoms with E-state index >= 15 is 0 Å². The first-order chi connectivity index (χ1) is 14.9. The number of nitrogens with zero attached hydrogens (tertiary/aromatic N) is 7. The Hall–Kier alpha value is -3.33. The molecule has 31 heavy (non-hydrogen) atoms. The zero-order chi connectivity index (χ0) is 21.8. The number of pyridine rings is 1. The van der Waals surface area contributed by atoms with Crippen LogP contribution < -0.4 is 5.32 Å². The van der Waals surface area contributed by atoms with Crippen molar-refractivity contribution in [2.75, 3.05) is 6.54 Å². The van der Waals surface area contributed by atoms with Crippen LogP contribution in [-0.4, -0.2) is 46.4 Å². The first kappa shape index (κ1) is 20.9. The molecule has 0 amide bonds. The van der Waals surface area contributed by atoms with Crippen LogP contribution in [0.4, 0.5) is 0 Å². The minimum Gasteiger partial charge on any atom is -0.506 e. The first-order valence-corrected chi connectivity index (χ1v) is 10.4. The van der Waals surface area contributed by atoms with Crippen LogP contribution in [0.15, 0.2) is 49.1 Å². The summed E-state index contributed by atoms with van der Waals surface area (Å²) in [5, 5.41) is 27.2. The highest BCUT2D eigenvalue weighted by atomic mass is 16.3. The van der Waals surface area contributed by atoms with Gasteiger partial charge in [0.05, 0.1) is 12.0 Å². The standard InChI is InChI=1S/C22H28N8O/c1-22(2,3)14-30-21(26-27-28-30)20(24-10-5-12-29-13-11-23-15-29)17-9-8-16-6-4-7-18(31)19(16)25-17/h4,6-9,11,13,15,20,24,31H,5,10,12,14H2,1-3H3. The van der Waals surface area contributed by atoms with Crippen LogP contribution in [0.5, 0.6) is 5.75 Å². The van der Waals surface area contributed by atoms with E-state index in [1.165, 1.54) is 0 Å². The molecule has 0 bridgehead atoms. The van der Waals surface area contributed by atoms with E-state index in [2.05, 4.69) is 46.6 Å². The largest absolute Gasteiger partial charge is 0.506 e. The van der Waals surface area contributed by atoms with E-state index in [4.69, 9.17) is 4.98 Å². The Labute approximate surface area is 181 Å². The van der Waals surface area contributed by atoms with Crippen LogP contribution in [0.2, 0.25) is 0 Å². The number of benzene rings is 1. The molecule has 9 nitrogen and oxygen atoms in total. The van der Waals surface area contributed by atoms with E-state index in [9.17, 15) is 5.11 Å². The van der Waals surface area contributed by atoms with Crippen molar-refractivity contribution in [1.29, 1.82) is 0 Å². The van der Waals surface area contributed by atoms with Gasteiger partial charge in [0.1, 0.15) is 17.3 Å². The summed E-state index contributed by atoms with van der Waals surface area (Å²) in [6.07, 6.45) is 6.46. The molecule has 3 heterocycles. The number of tetrazole rings is 1. The van der Waals surface area contributed by atoms with E-state index in [0.29, 0.717) is 17.9 Å². The fourth-order valence-corrected chi connectivity index (χ4v) is 3.54. The number of aromatic nitrogens is 7. The molecule has 2 N–H and O–H groups in total. The Morgan fingerprint density at radius 3 is 2.81 bits per heavy atom. The zero-order valence-electron chi connectivity index (χ0n) is 18.1. The van der Waals surface area contributed by atoms with Crippen molar-refractivity contribution in [3.63, 3.8) is 0 Å². The summed E-state index contributed by atoms with van der Waals surface area (Å²) in [7, 11) is 0. The predicted octanol–water partition coefficient (Wildman–Crippen LogP) is 2.94. The van der Waals surface area contributed by atoms with Crippen molar-refractivity contribution >= 4 is 10.9 Å². The average Bonchev–Trinajstić information content (AvgIpc) is 3.39. The molecule has 4 aromatic rings. The number of aryl methyl sites for hydroxylation is 1. The van der Waals surface area contributed by atoms with Gasteiger partial charge in [-0.2, -0.15) is 0 Å². The van der Waals surface area contributed by atoms with Crippen LogP contribution in [0.3, 0.4) is 0 Å². The van der Waals surface area contributed by atoms with Crippen molar-refractivity contribution in [2.45, 2.75) is 46.3 Å². The highest BCUT2D eigenvalue weighted by Gasteiger charge is 2.25. The molecule has 162 valence electrons. The van der Waals surface area contributed by atoms with E-state index in [0.717, 1.165) is 30.6 Å². The van der Waals surface area contributed by atoms with E-state index in [-0.39, 0.29) is 17.2 Å². The molecule has 0 spiro atoms. The number of aromatic hydroxyl groups is 1. The molecule has 1 atom stereocenters. The fraction of sp³-hybridized carbons (Fsp3) is 0.409. The van der Waals surface area contributed by atoms with Crippen molar-refractivity contribution < 1.29 is 5.11 Å². The van der Waals surface area contributed by atoms with E-state index in [1.54, 1.807) is 12.3 Å². The molecule has 0 saturated heterocycles. The lowest BCUT2D eigenvalue weighted by molar-refractivity contribution is 0.310. The van der Waals surface area contributed by atoms with Gasteiger partial charge in [0.15, 0.2) is 5.82 Å². The van der Waals surface area contributed by atoms with Gasteiger partial charge in [-0.15, -0.1) is 5.10 Å². The van der Waals surface area contributed by atoms with E-state index in [1.807, 2.05) is 46.0 Å². The summed E-state index contributed by atoms with van der Waals surface area (Å²) in [5.74, 6) is 0.868. The van der Waals surface area contributed by atoms with Gasteiger partial charge in [-0.25, -0.2) is 14.6 Å². The summed E-state index contributed by atoms with van der Waals surface area (Å²) in [6, 6.07) is 9.03. The van der Waals surface area contributed by atoms with Crippen LogP contribution in [0, 0.1) is 5.41 Å². The number of fused-ring (bicyclic) bond motifs is 1. The molecular formula is C22H28N8O. The highest BCUT2D eigenvalue weighted by Crippen LogP contribution is 2.27. The maximum atomic E-state index is 10.3. The summed E-state index contributed by atoms with van der Waals surface area (Å²) in [4.78, 5) is 8.85. The van der Waals surface area contributed by atoms with Gasteiger partial charge in [-0.1, -0.05) is 39.0 Å². The minimum absolute atomic E-state index is 0.0190. The normalized spacial score (nSPS) is 13.0. The molecular weight excluding hydrogens is 392 g/mol. The van der Waals surface area contributed by atoms with Crippen molar-refractivity contribution in [3.8, 4) is 5.75 Å². The van der Waals surface area contributed by atoms with Gasteiger partial charge in [0.25, 0.3) is 0 Å². The van der Waals surface area contributed by atoms with Crippen molar-refractivity contribution in [3.05, 3.63) is 60.6 Å². The fourth-order valence-electron chi connectivity index (χ4n) is 3.54. The maximum absolute atomic E-state index is 10.3. The second-order valence-electron chi connectivity index (χ2n) is 8.88. The molecule has 1 aromatic carbocycles. The monoisotopic (exact) mass is 420 g/mol. The highest BCUT2D eigenvalue weighted by molar-refractivity contribution is 5.84. The molecule has 0 saturated carbocycles. The molecule has 0 aliphatic rings. The van der Waals surface area contributed by atoms with Gasteiger partial charge in [-0.3, -0.25) is 0 Å². The number of hydrogen-bond acceptors (Lipinski definition) is 7. The SMILES string of the molecule is CC(C)(C)Cn1nnnc1C(NCCCn1ccnc1)c1ccc2cccc(O)c2n1. The summed E-state index contributed by atoms with van der Waals surface area (Å²) >= 11 is 0. The molecule has 4 rings (SSSR count). The smallest absolute Gasteiger partial charge is 0.174 e. The number of phenols is 1.